The molecule has 3 heterocycles. The van der Waals surface area contributed by atoms with Crippen LogP contribution in [0, 0.1) is 20.8 Å². The minimum Gasteiger partial charge on any atom is -0.481 e. The second-order valence-electron chi connectivity index (χ2n) is 6.59. The lowest BCUT2D eigenvalue weighted by atomic mass is 9.96. The topological polar surface area (TPSA) is 75.7 Å². The highest BCUT2D eigenvalue weighted by Crippen LogP contribution is 2.46. The molecule has 1 aliphatic rings. The van der Waals surface area contributed by atoms with Crippen LogP contribution in [0.4, 0.5) is 0 Å². The molecule has 0 fully saturated rings. The lowest BCUT2D eigenvalue weighted by Crippen LogP contribution is -2.09. The highest BCUT2D eigenvalue weighted by atomic mass is 35.5. The zero-order valence-corrected chi connectivity index (χ0v) is 16.6. The van der Waals surface area contributed by atoms with Gasteiger partial charge in [-0.05, 0) is 38.5 Å². The number of carboxylic acid groups (broad SMARTS) is 1. The number of nitrogens with zero attached hydrogens (tertiary/aromatic N) is 2. The molecule has 0 radical (unpaired) electrons. The Morgan fingerprint density at radius 2 is 1.93 bits per heavy atom. The van der Waals surface area contributed by atoms with Crippen LogP contribution in [0.25, 0.3) is 10.4 Å². The molecule has 138 valence electrons. The van der Waals surface area contributed by atoms with Crippen LogP contribution in [0.3, 0.4) is 0 Å². The Kier molecular flexibility index (Phi) is 4.40. The number of hydrogen-bond acceptors (Lipinski definition) is 5. The smallest absolute Gasteiger partial charge is 0.306 e. The van der Waals surface area contributed by atoms with E-state index in [-0.39, 0.29) is 6.42 Å². The molecule has 0 saturated carbocycles. The average molecular weight is 401 g/mol. The van der Waals surface area contributed by atoms with Crippen molar-refractivity contribution >= 4 is 34.6 Å². The van der Waals surface area contributed by atoms with Crippen LogP contribution < -0.4 is 0 Å². The molecule has 0 unspecified atom stereocenters. The molecule has 0 spiro atoms. The fraction of sp³-hybridized carbons (Fsp3) is 0.250. The number of aliphatic imine (C=N–C) groups is 1. The van der Waals surface area contributed by atoms with Gasteiger partial charge in [-0.25, -0.2) is 0 Å². The van der Waals surface area contributed by atoms with Crippen LogP contribution in [0.1, 0.15) is 45.5 Å². The Labute approximate surface area is 165 Å². The van der Waals surface area contributed by atoms with Crippen molar-refractivity contribution in [1.82, 2.24) is 5.16 Å². The Morgan fingerprint density at radius 1 is 1.22 bits per heavy atom. The van der Waals surface area contributed by atoms with Gasteiger partial charge >= 0.3 is 5.97 Å². The van der Waals surface area contributed by atoms with E-state index in [1.807, 2.05) is 31.2 Å². The first-order valence-electron chi connectivity index (χ1n) is 8.49. The number of aryl methyl sites for hydroxylation is 2. The van der Waals surface area contributed by atoms with Crippen LogP contribution in [-0.2, 0) is 4.79 Å². The van der Waals surface area contributed by atoms with Crippen molar-refractivity contribution in [3.05, 3.63) is 62.3 Å². The second kappa shape index (κ2) is 6.62. The molecule has 2 aromatic heterocycles. The van der Waals surface area contributed by atoms with Crippen molar-refractivity contribution in [2.75, 3.05) is 0 Å². The molecule has 1 aromatic carbocycles. The van der Waals surface area contributed by atoms with Gasteiger partial charge in [-0.3, -0.25) is 9.79 Å². The number of thiophene rings is 1. The maximum absolute atomic E-state index is 11.5. The zero-order chi connectivity index (χ0) is 19.3. The Morgan fingerprint density at radius 3 is 2.59 bits per heavy atom. The van der Waals surface area contributed by atoms with Crippen LogP contribution in [0.15, 0.2) is 33.8 Å². The molecular formula is C20H17ClN2O3S. The molecule has 27 heavy (non-hydrogen) atoms. The second-order valence-corrected chi connectivity index (χ2v) is 8.25. The van der Waals surface area contributed by atoms with Crippen molar-refractivity contribution in [3.8, 4) is 10.4 Å². The summed E-state index contributed by atoms with van der Waals surface area (Å²) in [6.45, 7) is 6.02. The molecule has 0 amide bonds. The number of aromatic nitrogens is 1. The van der Waals surface area contributed by atoms with E-state index in [4.69, 9.17) is 21.1 Å². The third kappa shape index (κ3) is 2.99. The van der Waals surface area contributed by atoms with Gasteiger partial charge in [-0.1, -0.05) is 28.9 Å². The maximum Gasteiger partial charge on any atom is 0.306 e. The minimum absolute atomic E-state index is 0.161. The molecule has 5 nitrogen and oxygen atoms in total. The molecule has 0 aliphatic carbocycles. The quantitative estimate of drug-likeness (QED) is 0.643. The van der Waals surface area contributed by atoms with Crippen LogP contribution in [0.2, 0.25) is 5.02 Å². The first-order valence-corrected chi connectivity index (χ1v) is 9.68. The summed E-state index contributed by atoms with van der Waals surface area (Å²) in [5.41, 5.74) is 5.42. The standard InChI is InChI=1S/C20H17ClN2O3S/c1-9-11(3)27-20-16(9)18(12-4-6-13(21)7-5-12)22-14(8-15(24)25)19-17(20)10(2)23-26-19/h4-7,14H,8H2,1-3H3,(H,24,25)/t14-/m1/s1. The van der Waals surface area contributed by atoms with Crippen LogP contribution in [0.5, 0.6) is 0 Å². The molecule has 1 N–H and O–H groups in total. The fourth-order valence-corrected chi connectivity index (χ4v) is 4.78. The number of carboxylic acids is 1. The molecule has 0 saturated heterocycles. The highest BCUT2D eigenvalue weighted by Gasteiger charge is 2.34. The van der Waals surface area contributed by atoms with Gasteiger partial charge in [0.05, 0.1) is 23.4 Å². The van der Waals surface area contributed by atoms with E-state index in [2.05, 4.69) is 19.0 Å². The van der Waals surface area contributed by atoms with Gasteiger partial charge in [0, 0.05) is 25.9 Å². The van der Waals surface area contributed by atoms with Gasteiger partial charge < -0.3 is 9.63 Å². The average Bonchev–Trinajstić information content (AvgIpc) is 3.08. The normalized spacial score (nSPS) is 15.7. The Hall–Kier alpha value is -2.44. The number of carbonyl (C=O) groups is 1. The molecule has 1 aliphatic heterocycles. The number of fused-ring (bicyclic) bond motifs is 3. The third-order valence-corrected chi connectivity index (χ3v) is 6.29. The van der Waals surface area contributed by atoms with E-state index in [1.54, 1.807) is 11.3 Å². The summed E-state index contributed by atoms with van der Waals surface area (Å²) in [6, 6.07) is 6.81. The van der Waals surface area contributed by atoms with Crippen molar-refractivity contribution in [2.24, 2.45) is 4.99 Å². The zero-order valence-electron chi connectivity index (χ0n) is 15.0. The predicted molar refractivity (Wildman–Crippen MR) is 106 cm³/mol. The number of rotatable bonds is 3. The third-order valence-electron chi connectivity index (χ3n) is 4.81. The number of benzene rings is 1. The van der Waals surface area contributed by atoms with E-state index in [9.17, 15) is 9.90 Å². The van der Waals surface area contributed by atoms with Gasteiger partial charge in [-0.2, -0.15) is 0 Å². The van der Waals surface area contributed by atoms with Gasteiger partial charge in [0.1, 0.15) is 6.04 Å². The summed E-state index contributed by atoms with van der Waals surface area (Å²) >= 11 is 7.71. The number of aliphatic carboxylic acids is 1. The van der Waals surface area contributed by atoms with Crippen molar-refractivity contribution in [2.45, 2.75) is 33.2 Å². The summed E-state index contributed by atoms with van der Waals surface area (Å²) in [5, 5.41) is 14.1. The van der Waals surface area contributed by atoms with E-state index in [1.165, 1.54) is 4.88 Å². The van der Waals surface area contributed by atoms with Crippen LogP contribution >= 0.6 is 22.9 Å². The minimum atomic E-state index is -0.933. The summed E-state index contributed by atoms with van der Waals surface area (Å²) in [6.07, 6.45) is -0.161. The molecule has 0 bridgehead atoms. The summed E-state index contributed by atoms with van der Waals surface area (Å²) in [4.78, 5) is 18.5. The predicted octanol–water partition coefficient (Wildman–Crippen LogP) is 5.35. The molecule has 7 heteroatoms. The van der Waals surface area contributed by atoms with E-state index >= 15 is 0 Å². The largest absolute Gasteiger partial charge is 0.481 e. The Balaban J connectivity index is 2.04. The molecular weight excluding hydrogens is 384 g/mol. The summed E-state index contributed by atoms with van der Waals surface area (Å²) < 4.78 is 5.55. The number of hydrogen-bond donors (Lipinski definition) is 1. The van der Waals surface area contributed by atoms with Gasteiger partial charge in [0.25, 0.3) is 0 Å². The monoisotopic (exact) mass is 400 g/mol. The summed E-state index contributed by atoms with van der Waals surface area (Å²) in [7, 11) is 0. The summed E-state index contributed by atoms with van der Waals surface area (Å²) in [5.74, 6) is -0.418. The lowest BCUT2D eigenvalue weighted by Gasteiger charge is -2.11. The van der Waals surface area contributed by atoms with E-state index in [0.717, 1.165) is 38.5 Å². The van der Waals surface area contributed by atoms with Crippen molar-refractivity contribution in [3.63, 3.8) is 0 Å². The van der Waals surface area contributed by atoms with Crippen LogP contribution in [-0.4, -0.2) is 21.9 Å². The highest BCUT2D eigenvalue weighted by molar-refractivity contribution is 7.16. The first-order chi connectivity index (χ1) is 12.9. The maximum atomic E-state index is 11.5. The molecule has 1 atom stereocenters. The van der Waals surface area contributed by atoms with E-state index in [0.29, 0.717) is 10.8 Å². The van der Waals surface area contributed by atoms with Gasteiger partial charge in [-0.15, -0.1) is 11.3 Å². The fourth-order valence-electron chi connectivity index (χ4n) is 3.39. The first kappa shape index (κ1) is 17.9. The van der Waals surface area contributed by atoms with Crippen molar-refractivity contribution in [1.29, 1.82) is 0 Å². The molecule has 4 rings (SSSR count). The van der Waals surface area contributed by atoms with Gasteiger partial charge in [0.2, 0.25) is 0 Å². The lowest BCUT2D eigenvalue weighted by molar-refractivity contribution is -0.137. The van der Waals surface area contributed by atoms with Crippen molar-refractivity contribution < 1.29 is 14.4 Å². The Bertz CT molecular complexity index is 1080. The van der Waals surface area contributed by atoms with Gasteiger partial charge in [0.15, 0.2) is 5.76 Å². The number of halogens is 1. The SMILES string of the molecule is Cc1noc2c1-c1sc(C)c(C)c1C(c1ccc(Cl)cc1)=N[C@@H]2CC(=O)O. The van der Waals surface area contributed by atoms with E-state index < -0.39 is 12.0 Å². The molecule has 3 aromatic rings.